The van der Waals surface area contributed by atoms with Crippen LogP contribution >= 0.6 is 0 Å². The minimum Gasteiger partial charge on any atom is -0.726 e. The SMILES string of the molecule is CCCCC(CC)CCC(CC(CC)CC)OS(=O)(=O)[O-]. The molecular weight excluding hydrogens is 288 g/mol. The smallest absolute Gasteiger partial charge is 0.217 e. The third kappa shape index (κ3) is 11.1. The van der Waals surface area contributed by atoms with E-state index in [1.54, 1.807) is 0 Å². The summed E-state index contributed by atoms with van der Waals surface area (Å²) >= 11 is 0. The third-order valence-corrected chi connectivity index (χ3v) is 4.95. The summed E-state index contributed by atoms with van der Waals surface area (Å²) in [7, 11) is -4.61. The second-order valence-corrected chi connectivity index (χ2v) is 7.05. The van der Waals surface area contributed by atoms with Crippen molar-refractivity contribution >= 4 is 10.4 Å². The topological polar surface area (TPSA) is 66.4 Å². The molecule has 0 heterocycles. The largest absolute Gasteiger partial charge is 0.726 e. The van der Waals surface area contributed by atoms with E-state index in [0.717, 1.165) is 25.7 Å². The number of rotatable bonds is 13. The third-order valence-electron chi connectivity index (χ3n) is 4.45. The van der Waals surface area contributed by atoms with Crippen LogP contribution in [0.3, 0.4) is 0 Å². The highest BCUT2D eigenvalue weighted by Crippen LogP contribution is 2.25. The van der Waals surface area contributed by atoms with Crippen LogP contribution in [0.2, 0.25) is 0 Å². The molecule has 0 saturated carbocycles. The van der Waals surface area contributed by atoms with Gasteiger partial charge in [0, 0.05) is 0 Å². The molecule has 5 heteroatoms. The normalized spacial score (nSPS) is 15.3. The van der Waals surface area contributed by atoms with Crippen molar-refractivity contribution in [2.45, 2.75) is 91.6 Å². The summed E-state index contributed by atoms with van der Waals surface area (Å²) in [6.45, 7) is 8.52. The maximum absolute atomic E-state index is 10.9. The molecule has 0 N–H and O–H groups in total. The molecule has 0 bridgehead atoms. The average Bonchev–Trinajstić information content (AvgIpc) is 2.42. The van der Waals surface area contributed by atoms with Crippen LogP contribution in [0.1, 0.15) is 85.5 Å². The zero-order chi connectivity index (χ0) is 16.3. The van der Waals surface area contributed by atoms with Crippen molar-refractivity contribution in [2.24, 2.45) is 11.8 Å². The minimum absolute atomic E-state index is 0.424. The fourth-order valence-electron chi connectivity index (χ4n) is 2.83. The Balaban J connectivity index is 4.50. The summed E-state index contributed by atoms with van der Waals surface area (Å²) in [5, 5.41) is 0. The molecule has 0 amide bonds. The van der Waals surface area contributed by atoms with E-state index in [-0.39, 0.29) is 0 Å². The standard InChI is InChI=1S/C16H34O4S/c1-5-9-10-15(8-4)11-12-16(20-21(17,18)19)13-14(6-2)7-3/h14-16H,5-13H2,1-4H3,(H,17,18,19)/p-1. The van der Waals surface area contributed by atoms with Gasteiger partial charge in [0.1, 0.15) is 0 Å². The molecule has 0 aromatic carbocycles. The zero-order valence-electron chi connectivity index (χ0n) is 14.1. The van der Waals surface area contributed by atoms with Crippen LogP contribution in [0.15, 0.2) is 0 Å². The van der Waals surface area contributed by atoms with Gasteiger partial charge in [-0.05, 0) is 31.1 Å². The van der Waals surface area contributed by atoms with Gasteiger partial charge in [-0.25, -0.2) is 8.42 Å². The van der Waals surface area contributed by atoms with Crippen LogP contribution < -0.4 is 0 Å². The molecule has 0 rings (SSSR count). The predicted octanol–water partition coefficient (Wildman–Crippen LogP) is 4.65. The fraction of sp³-hybridized carbons (Fsp3) is 1.00. The molecule has 4 nitrogen and oxygen atoms in total. The molecule has 0 spiro atoms. The molecule has 2 unspecified atom stereocenters. The average molecular weight is 322 g/mol. The monoisotopic (exact) mass is 321 g/mol. The Labute approximate surface area is 131 Å². The number of hydrogen-bond acceptors (Lipinski definition) is 4. The lowest BCUT2D eigenvalue weighted by Gasteiger charge is -2.25. The maximum Gasteiger partial charge on any atom is 0.217 e. The first-order chi connectivity index (χ1) is 9.86. The van der Waals surface area contributed by atoms with Gasteiger partial charge in [-0.1, -0.05) is 66.2 Å². The van der Waals surface area contributed by atoms with Crippen molar-refractivity contribution < 1.29 is 17.2 Å². The summed E-state index contributed by atoms with van der Waals surface area (Å²) in [6.07, 6.45) is 8.46. The van der Waals surface area contributed by atoms with Gasteiger partial charge in [-0.15, -0.1) is 0 Å². The van der Waals surface area contributed by atoms with Crippen molar-refractivity contribution in [3.8, 4) is 0 Å². The highest BCUT2D eigenvalue weighted by Gasteiger charge is 2.19. The van der Waals surface area contributed by atoms with E-state index in [1.807, 2.05) is 0 Å². The van der Waals surface area contributed by atoms with Crippen molar-refractivity contribution in [1.29, 1.82) is 0 Å². The second kappa shape index (κ2) is 11.4. The van der Waals surface area contributed by atoms with Crippen LogP contribution in [0.5, 0.6) is 0 Å². The Kier molecular flexibility index (Phi) is 11.4. The van der Waals surface area contributed by atoms with Crippen molar-refractivity contribution in [1.82, 2.24) is 0 Å². The summed E-state index contributed by atoms with van der Waals surface area (Å²) < 4.78 is 37.5. The molecule has 0 aromatic heterocycles. The molecule has 2 atom stereocenters. The van der Waals surface area contributed by atoms with E-state index in [9.17, 15) is 13.0 Å². The lowest BCUT2D eigenvalue weighted by atomic mass is 9.89. The number of unbranched alkanes of at least 4 members (excludes halogenated alkanes) is 1. The Hall–Kier alpha value is -0.130. The quantitative estimate of drug-likeness (QED) is 0.365. The Morgan fingerprint density at radius 1 is 0.905 bits per heavy atom. The first-order valence-corrected chi connectivity index (χ1v) is 9.83. The van der Waals surface area contributed by atoms with E-state index in [1.165, 1.54) is 19.3 Å². The second-order valence-electron chi connectivity index (χ2n) is 6.04. The first kappa shape index (κ1) is 20.9. The summed E-state index contributed by atoms with van der Waals surface area (Å²) in [5.74, 6) is 1.03. The van der Waals surface area contributed by atoms with Gasteiger partial charge in [0.15, 0.2) is 0 Å². The molecule has 128 valence electrons. The van der Waals surface area contributed by atoms with Crippen LogP contribution in [-0.4, -0.2) is 19.1 Å². The van der Waals surface area contributed by atoms with E-state index < -0.39 is 16.5 Å². The van der Waals surface area contributed by atoms with Crippen LogP contribution in [0.25, 0.3) is 0 Å². The lowest BCUT2D eigenvalue weighted by Crippen LogP contribution is -2.22. The molecule has 21 heavy (non-hydrogen) atoms. The van der Waals surface area contributed by atoms with Crippen LogP contribution in [-0.2, 0) is 14.6 Å². The number of hydrogen-bond donors (Lipinski definition) is 0. The molecule has 0 aliphatic heterocycles. The van der Waals surface area contributed by atoms with Gasteiger partial charge in [-0.3, -0.25) is 4.18 Å². The van der Waals surface area contributed by atoms with Gasteiger partial charge in [0.25, 0.3) is 0 Å². The molecule has 0 radical (unpaired) electrons. The predicted molar refractivity (Wildman–Crippen MR) is 85.8 cm³/mol. The van der Waals surface area contributed by atoms with E-state index >= 15 is 0 Å². The molecular formula is C16H33O4S-. The Morgan fingerprint density at radius 2 is 1.48 bits per heavy atom. The van der Waals surface area contributed by atoms with E-state index in [2.05, 4.69) is 27.7 Å². The van der Waals surface area contributed by atoms with Crippen molar-refractivity contribution in [3.63, 3.8) is 0 Å². The first-order valence-electron chi connectivity index (χ1n) is 8.50. The van der Waals surface area contributed by atoms with Gasteiger partial charge in [-0.2, -0.15) is 0 Å². The highest BCUT2D eigenvalue weighted by molar-refractivity contribution is 7.80. The lowest BCUT2D eigenvalue weighted by molar-refractivity contribution is 0.131. The van der Waals surface area contributed by atoms with Crippen molar-refractivity contribution in [2.75, 3.05) is 0 Å². The molecule has 0 aliphatic rings. The van der Waals surface area contributed by atoms with Gasteiger partial charge < -0.3 is 4.55 Å². The van der Waals surface area contributed by atoms with E-state index in [0.29, 0.717) is 24.7 Å². The van der Waals surface area contributed by atoms with Gasteiger partial charge in [0.05, 0.1) is 6.10 Å². The van der Waals surface area contributed by atoms with Crippen LogP contribution in [0, 0.1) is 11.8 Å². The molecule has 0 fully saturated rings. The minimum atomic E-state index is -4.61. The molecule has 0 saturated heterocycles. The zero-order valence-corrected chi connectivity index (χ0v) is 15.0. The van der Waals surface area contributed by atoms with Gasteiger partial charge in [0.2, 0.25) is 10.4 Å². The van der Waals surface area contributed by atoms with Crippen LogP contribution in [0.4, 0.5) is 0 Å². The van der Waals surface area contributed by atoms with Crippen molar-refractivity contribution in [3.05, 3.63) is 0 Å². The Morgan fingerprint density at radius 3 is 1.90 bits per heavy atom. The molecule has 0 aromatic rings. The molecule has 0 aliphatic carbocycles. The summed E-state index contributed by atoms with van der Waals surface area (Å²) in [4.78, 5) is 0. The maximum atomic E-state index is 10.9. The highest BCUT2D eigenvalue weighted by atomic mass is 32.3. The van der Waals surface area contributed by atoms with E-state index in [4.69, 9.17) is 4.18 Å². The van der Waals surface area contributed by atoms with Gasteiger partial charge >= 0.3 is 0 Å². The summed E-state index contributed by atoms with van der Waals surface area (Å²) in [6, 6.07) is 0. The fourth-order valence-corrected chi connectivity index (χ4v) is 3.34. The Bertz CT molecular complexity index is 336. The summed E-state index contributed by atoms with van der Waals surface area (Å²) in [5.41, 5.74) is 0.